The van der Waals surface area contributed by atoms with Crippen LogP contribution in [0.1, 0.15) is 16.9 Å². The van der Waals surface area contributed by atoms with Crippen molar-refractivity contribution in [1.82, 2.24) is 9.88 Å². The molecule has 1 aromatic heterocycles. The number of nitrogens with zero attached hydrogens (tertiary/aromatic N) is 2. The Kier molecular flexibility index (Phi) is 3.42. The van der Waals surface area contributed by atoms with Gasteiger partial charge in [0, 0.05) is 13.1 Å². The van der Waals surface area contributed by atoms with Crippen molar-refractivity contribution in [3.05, 3.63) is 24.0 Å². The highest BCUT2D eigenvalue weighted by atomic mass is 16.4. The third-order valence-corrected chi connectivity index (χ3v) is 2.68. The number of hydrogen-bond acceptors (Lipinski definition) is 4. The van der Waals surface area contributed by atoms with E-state index >= 15 is 0 Å². The lowest BCUT2D eigenvalue weighted by atomic mass is 10.3. The second kappa shape index (κ2) is 5.01. The summed E-state index contributed by atoms with van der Waals surface area (Å²) in [5.74, 6) is -1.12. The number of rotatable bonds is 2. The average molecular weight is 251 g/mol. The summed E-state index contributed by atoms with van der Waals surface area (Å²) in [6.45, 7) is 0.820. The zero-order valence-corrected chi connectivity index (χ0v) is 9.54. The molecule has 0 saturated carbocycles. The summed E-state index contributed by atoms with van der Waals surface area (Å²) in [4.78, 5) is 27.5. The van der Waals surface area contributed by atoms with Crippen LogP contribution >= 0.6 is 0 Å². The molecule has 1 fully saturated rings. The standard InChI is InChI=1S/C11H13N3O4/c15-8-3-4-14(6-8)11(18)13-7-1-2-9(10(16)17)12-5-7/h1-2,5,8,15H,3-4,6H2,(H,13,18)(H,16,17). The van der Waals surface area contributed by atoms with Gasteiger partial charge in [-0.25, -0.2) is 14.6 Å². The van der Waals surface area contributed by atoms with E-state index < -0.39 is 12.1 Å². The molecule has 1 saturated heterocycles. The number of carboxylic acid groups (broad SMARTS) is 1. The maximum absolute atomic E-state index is 11.7. The first-order valence-corrected chi connectivity index (χ1v) is 5.49. The number of urea groups is 1. The van der Waals surface area contributed by atoms with Crippen LogP contribution in [0.25, 0.3) is 0 Å². The third-order valence-electron chi connectivity index (χ3n) is 2.68. The number of aliphatic hydroxyl groups excluding tert-OH is 1. The van der Waals surface area contributed by atoms with Gasteiger partial charge in [0.15, 0.2) is 0 Å². The minimum absolute atomic E-state index is 0.0791. The van der Waals surface area contributed by atoms with Gasteiger partial charge in [0.05, 0.1) is 18.0 Å². The quantitative estimate of drug-likeness (QED) is 0.705. The van der Waals surface area contributed by atoms with E-state index in [-0.39, 0.29) is 11.7 Å². The molecule has 1 aliphatic rings. The Labute approximate surface area is 103 Å². The van der Waals surface area contributed by atoms with Crippen molar-refractivity contribution in [2.75, 3.05) is 18.4 Å². The molecule has 2 amide bonds. The van der Waals surface area contributed by atoms with Crippen LogP contribution < -0.4 is 5.32 Å². The highest BCUT2D eigenvalue weighted by Crippen LogP contribution is 2.12. The van der Waals surface area contributed by atoms with Crippen LogP contribution in [0.15, 0.2) is 18.3 Å². The van der Waals surface area contributed by atoms with E-state index in [2.05, 4.69) is 10.3 Å². The van der Waals surface area contributed by atoms with Crippen molar-refractivity contribution in [1.29, 1.82) is 0 Å². The number of amides is 2. The molecule has 1 aromatic rings. The van der Waals surface area contributed by atoms with Crippen LogP contribution in [0.2, 0.25) is 0 Å². The molecule has 0 bridgehead atoms. The zero-order valence-electron chi connectivity index (χ0n) is 9.54. The molecule has 1 aliphatic heterocycles. The van der Waals surface area contributed by atoms with Gasteiger partial charge in [0.1, 0.15) is 5.69 Å². The molecule has 1 atom stereocenters. The highest BCUT2D eigenvalue weighted by molar-refractivity contribution is 5.90. The van der Waals surface area contributed by atoms with Crippen LogP contribution in [0.3, 0.4) is 0 Å². The van der Waals surface area contributed by atoms with Gasteiger partial charge in [-0.15, -0.1) is 0 Å². The number of likely N-dealkylation sites (tertiary alicyclic amines) is 1. The Morgan fingerprint density at radius 1 is 1.44 bits per heavy atom. The molecular formula is C11H13N3O4. The van der Waals surface area contributed by atoms with Crippen LogP contribution in [0, 0.1) is 0 Å². The van der Waals surface area contributed by atoms with Gasteiger partial charge < -0.3 is 20.4 Å². The number of anilines is 1. The number of aromatic carboxylic acids is 1. The second-order valence-electron chi connectivity index (χ2n) is 4.06. The van der Waals surface area contributed by atoms with Crippen molar-refractivity contribution < 1.29 is 19.8 Å². The Morgan fingerprint density at radius 3 is 2.72 bits per heavy atom. The summed E-state index contributed by atoms with van der Waals surface area (Å²) < 4.78 is 0. The first-order valence-electron chi connectivity index (χ1n) is 5.49. The molecule has 3 N–H and O–H groups in total. The Bertz CT molecular complexity index is 460. The molecular weight excluding hydrogens is 238 g/mol. The SMILES string of the molecule is O=C(O)c1ccc(NC(=O)N2CCC(O)C2)cn1. The summed E-state index contributed by atoms with van der Waals surface area (Å²) >= 11 is 0. The number of aromatic nitrogens is 1. The maximum atomic E-state index is 11.7. The molecule has 18 heavy (non-hydrogen) atoms. The van der Waals surface area contributed by atoms with E-state index in [1.165, 1.54) is 23.2 Å². The number of carboxylic acids is 1. The predicted octanol–water partition coefficient (Wildman–Crippen LogP) is 0.378. The normalized spacial score (nSPS) is 18.7. The van der Waals surface area contributed by atoms with Gasteiger partial charge in [-0.2, -0.15) is 0 Å². The lowest BCUT2D eigenvalue weighted by Crippen LogP contribution is -2.33. The van der Waals surface area contributed by atoms with Gasteiger partial charge in [-0.3, -0.25) is 0 Å². The number of carbonyl (C=O) groups excluding carboxylic acids is 1. The van der Waals surface area contributed by atoms with Crippen molar-refractivity contribution in [3.8, 4) is 0 Å². The summed E-state index contributed by atoms with van der Waals surface area (Å²) in [7, 11) is 0. The van der Waals surface area contributed by atoms with Crippen molar-refractivity contribution >= 4 is 17.7 Å². The number of nitrogens with one attached hydrogen (secondary N) is 1. The van der Waals surface area contributed by atoms with Gasteiger partial charge >= 0.3 is 12.0 Å². The van der Waals surface area contributed by atoms with E-state index in [0.717, 1.165) is 0 Å². The Hall–Kier alpha value is -2.15. The van der Waals surface area contributed by atoms with Gasteiger partial charge in [-0.1, -0.05) is 0 Å². The fourth-order valence-corrected chi connectivity index (χ4v) is 1.72. The Balaban J connectivity index is 1.97. The first kappa shape index (κ1) is 12.3. The highest BCUT2D eigenvalue weighted by Gasteiger charge is 2.24. The van der Waals surface area contributed by atoms with E-state index in [0.29, 0.717) is 25.2 Å². The molecule has 2 rings (SSSR count). The molecule has 96 valence electrons. The number of aliphatic hydroxyl groups is 1. The molecule has 1 unspecified atom stereocenters. The summed E-state index contributed by atoms with van der Waals surface area (Å²) in [6.07, 6.45) is 1.39. The number of hydrogen-bond donors (Lipinski definition) is 3. The van der Waals surface area contributed by atoms with Gasteiger partial charge in [-0.05, 0) is 18.6 Å². The molecule has 0 aliphatic carbocycles. The summed E-state index contributed by atoms with van der Waals surface area (Å²) in [5.41, 5.74) is 0.344. The van der Waals surface area contributed by atoms with Crippen LogP contribution in [-0.4, -0.2) is 51.3 Å². The fourth-order valence-electron chi connectivity index (χ4n) is 1.72. The van der Waals surface area contributed by atoms with E-state index in [1.807, 2.05) is 0 Å². The largest absolute Gasteiger partial charge is 0.477 e. The van der Waals surface area contributed by atoms with Gasteiger partial charge in [0.25, 0.3) is 0 Å². The van der Waals surface area contributed by atoms with Crippen molar-refractivity contribution in [2.24, 2.45) is 0 Å². The Morgan fingerprint density at radius 2 is 2.22 bits per heavy atom. The topological polar surface area (TPSA) is 103 Å². The zero-order chi connectivity index (χ0) is 13.1. The lowest BCUT2D eigenvalue weighted by molar-refractivity contribution is 0.0690. The number of β-amino-alcohol motifs (C(OH)–C–C–N with tert-alkyl or cyclic N) is 1. The van der Waals surface area contributed by atoms with Crippen LogP contribution in [0.4, 0.5) is 10.5 Å². The van der Waals surface area contributed by atoms with Crippen molar-refractivity contribution in [3.63, 3.8) is 0 Å². The number of carbonyl (C=O) groups is 2. The summed E-state index contributed by atoms with van der Waals surface area (Å²) in [5, 5.41) is 20.6. The van der Waals surface area contributed by atoms with E-state index in [1.54, 1.807) is 0 Å². The molecule has 2 heterocycles. The van der Waals surface area contributed by atoms with Crippen LogP contribution in [0.5, 0.6) is 0 Å². The molecule has 7 heteroatoms. The molecule has 0 radical (unpaired) electrons. The van der Waals surface area contributed by atoms with Crippen LogP contribution in [-0.2, 0) is 0 Å². The smallest absolute Gasteiger partial charge is 0.354 e. The van der Waals surface area contributed by atoms with Crippen molar-refractivity contribution in [2.45, 2.75) is 12.5 Å². The third kappa shape index (κ3) is 2.75. The fraction of sp³-hybridized carbons (Fsp3) is 0.364. The first-order chi connectivity index (χ1) is 8.56. The van der Waals surface area contributed by atoms with Gasteiger partial charge in [0.2, 0.25) is 0 Å². The van der Waals surface area contributed by atoms with E-state index in [4.69, 9.17) is 5.11 Å². The number of pyridine rings is 1. The molecule has 7 nitrogen and oxygen atoms in total. The molecule has 0 aromatic carbocycles. The lowest BCUT2D eigenvalue weighted by Gasteiger charge is -2.16. The predicted molar refractivity (Wildman–Crippen MR) is 62.4 cm³/mol. The average Bonchev–Trinajstić information content (AvgIpc) is 2.76. The maximum Gasteiger partial charge on any atom is 0.354 e. The summed E-state index contributed by atoms with van der Waals surface area (Å²) in [6, 6.07) is 2.47. The molecule has 0 spiro atoms. The second-order valence-corrected chi connectivity index (χ2v) is 4.06. The minimum Gasteiger partial charge on any atom is -0.477 e. The minimum atomic E-state index is -1.12. The van der Waals surface area contributed by atoms with E-state index in [9.17, 15) is 14.7 Å². The monoisotopic (exact) mass is 251 g/mol.